The summed E-state index contributed by atoms with van der Waals surface area (Å²) in [4.78, 5) is 25.7. The third-order valence-electron chi connectivity index (χ3n) is 3.41. The molecule has 102 valence electrons. The standard InChI is InChI=1S/C14H14N4O2/c1-17-8-9(7-16-17)5-6-18-13(19)10-3-2-4-11(15)12(10)14(18)20/h2-4,7-8H,5-6,15H2,1H3. The van der Waals surface area contributed by atoms with E-state index >= 15 is 0 Å². The van der Waals surface area contributed by atoms with Crippen molar-refractivity contribution in [3.8, 4) is 0 Å². The summed E-state index contributed by atoms with van der Waals surface area (Å²) in [6.07, 6.45) is 4.18. The fraction of sp³-hybridized carbons (Fsp3) is 0.214. The Morgan fingerprint density at radius 3 is 2.70 bits per heavy atom. The van der Waals surface area contributed by atoms with Gasteiger partial charge in [0.05, 0.1) is 17.3 Å². The Balaban J connectivity index is 1.81. The molecule has 3 rings (SSSR count). The first kappa shape index (κ1) is 12.4. The van der Waals surface area contributed by atoms with Gasteiger partial charge in [0.1, 0.15) is 0 Å². The largest absolute Gasteiger partial charge is 0.398 e. The molecule has 0 radical (unpaired) electrons. The molecule has 20 heavy (non-hydrogen) atoms. The van der Waals surface area contributed by atoms with Gasteiger partial charge in [-0.25, -0.2) is 0 Å². The number of benzene rings is 1. The van der Waals surface area contributed by atoms with Crippen LogP contribution < -0.4 is 5.73 Å². The van der Waals surface area contributed by atoms with Crippen LogP contribution in [-0.2, 0) is 13.5 Å². The minimum Gasteiger partial charge on any atom is -0.398 e. The van der Waals surface area contributed by atoms with Crippen molar-refractivity contribution in [2.24, 2.45) is 7.05 Å². The van der Waals surface area contributed by atoms with Crippen molar-refractivity contribution in [1.29, 1.82) is 0 Å². The van der Waals surface area contributed by atoms with Crippen LogP contribution >= 0.6 is 0 Å². The Morgan fingerprint density at radius 2 is 2.05 bits per heavy atom. The van der Waals surface area contributed by atoms with Crippen molar-refractivity contribution in [2.45, 2.75) is 6.42 Å². The van der Waals surface area contributed by atoms with Crippen molar-refractivity contribution in [3.63, 3.8) is 0 Å². The number of imide groups is 1. The van der Waals surface area contributed by atoms with Gasteiger partial charge in [-0.05, 0) is 24.1 Å². The lowest BCUT2D eigenvalue weighted by Gasteiger charge is -2.12. The van der Waals surface area contributed by atoms with Gasteiger partial charge >= 0.3 is 0 Å². The summed E-state index contributed by atoms with van der Waals surface area (Å²) in [6, 6.07) is 4.95. The molecule has 1 aliphatic rings. The van der Waals surface area contributed by atoms with E-state index in [1.165, 1.54) is 4.90 Å². The number of hydrogen-bond acceptors (Lipinski definition) is 4. The Hall–Kier alpha value is -2.63. The zero-order valence-electron chi connectivity index (χ0n) is 11.0. The number of hydrogen-bond donors (Lipinski definition) is 1. The number of anilines is 1. The summed E-state index contributed by atoms with van der Waals surface area (Å²) in [7, 11) is 1.83. The fourth-order valence-corrected chi connectivity index (χ4v) is 2.40. The number of nitrogen functional groups attached to an aromatic ring is 1. The molecule has 0 atom stereocenters. The highest BCUT2D eigenvalue weighted by atomic mass is 16.2. The lowest BCUT2D eigenvalue weighted by Crippen LogP contribution is -2.31. The minimum atomic E-state index is -0.313. The Labute approximate surface area is 115 Å². The summed E-state index contributed by atoms with van der Waals surface area (Å²) in [5.41, 5.74) is 7.83. The lowest BCUT2D eigenvalue weighted by molar-refractivity contribution is 0.0656. The van der Waals surface area contributed by atoms with Crippen LogP contribution in [0.4, 0.5) is 5.69 Å². The molecular weight excluding hydrogens is 256 g/mol. The van der Waals surface area contributed by atoms with E-state index in [1.54, 1.807) is 29.1 Å². The first-order chi connectivity index (χ1) is 9.58. The van der Waals surface area contributed by atoms with Crippen LogP contribution in [0, 0.1) is 0 Å². The first-order valence-corrected chi connectivity index (χ1v) is 6.30. The van der Waals surface area contributed by atoms with E-state index in [0.29, 0.717) is 29.8 Å². The first-order valence-electron chi connectivity index (χ1n) is 6.30. The number of carbonyl (C=O) groups excluding carboxylic acids is 2. The van der Waals surface area contributed by atoms with E-state index in [2.05, 4.69) is 5.10 Å². The van der Waals surface area contributed by atoms with Crippen LogP contribution in [0.3, 0.4) is 0 Å². The SMILES string of the molecule is Cn1cc(CCN2C(=O)c3cccc(N)c3C2=O)cn1. The van der Waals surface area contributed by atoms with Gasteiger partial charge in [-0.3, -0.25) is 19.2 Å². The second-order valence-electron chi connectivity index (χ2n) is 4.80. The smallest absolute Gasteiger partial charge is 0.263 e. The third kappa shape index (κ3) is 1.85. The predicted molar refractivity (Wildman–Crippen MR) is 73.1 cm³/mol. The Morgan fingerprint density at radius 1 is 1.25 bits per heavy atom. The number of carbonyl (C=O) groups is 2. The summed E-state index contributed by atoms with van der Waals surface area (Å²) in [6.45, 7) is 0.331. The zero-order valence-corrected chi connectivity index (χ0v) is 11.0. The summed E-state index contributed by atoms with van der Waals surface area (Å²) < 4.78 is 1.69. The van der Waals surface area contributed by atoms with Crippen molar-refractivity contribution < 1.29 is 9.59 Å². The lowest BCUT2D eigenvalue weighted by atomic mass is 10.1. The Kier molecular flexibility index (Phi) is 2.78. The van der Waals surface area contributed by atoms with Crippen LogP contribution in [-0.4, -0.2) is 33.0 Å². The molecule has 0 unspecified atom stereocenters. The van der Waals surface area contributed by atoms with Gasteiger partial charge in [0.15, 0.2) is 0 Å². The number of amides is 2. The number of rotatable bonds is 3. The second-order valence-corrected chi connectivity index (χ2v) is 4.80. The van der Waals surface area contributed by atoms with Crippen molar-refractivity contribution in [1.82, 2.24) is 14.7 Å². The average Bonchev–Trinajstić information content (AvgIpc) is 2.93. The Bertz CT molecular complexity index is 705. The second kappa shape index (κ2) is 4.48. The summed E-state index contributed by atoms with van der Waals surface area (Å²) in [5, 5.41) is 4.06. The molecule has 2 heterocycles. The number of aryl methyl sites for hydroxylation is 1. The molecule has 1 aromatic heterocycles. The van der Waals surface area contributed by atoms with Gasteiger partial charge in [-0.15, -0.1) is 0 Å². The average molecular weight is 270 g/mol. The van der Waals surface area contributed by atoms with Gasteiger partial charge in [0, 0.05) is 25.5 Å². The minimum absolute atomic E-state index is 0.277. The van der Waals surface area contributed by atoms with E-state index in [1.807, 2.05) is 13.2 Å². The van der Waals surface area contributed by atoms with Gasteiger partial charge in [-0.1, -0.05) is 6.07 Å². The molecule has 2 amide bonds. The fourth-order valence-electron chi connectivity index (χ4n) is 2.40. The van der Waals surface area contributed by atoms with Crippen molar-refractivity contribution >= 4 is 17.5 Å². The molecule has 0 fully saturated rings. The number of aromatic nitrogens is 2. The van der Waals surface area contributed by atoms with Crippen LogP contribution in [0.2, 0.25) is 0 Å². The number of nitrogens with two attached hydrogens (primary N) is 1. The summed E-state index contributed by atoms with van der Waals surface area (Å²) in [5.74, 6) is -0.590. The molecule has 2 aromatic rings. The van der Waals surface area contributed by atoms with Gasteiger partial charge in [0.2, 0.25) is 0 Å². The normalized spacial score (nSPS) is 13.9. The van der Waals surface area contributed by atoms with Crippen LogP contribution in [0.15, 0.2) is 30.6 Å². The van der Waals surface area contributed by atoms with Gasteiger partial charge in [-0.2, -0.15) is 5.10 Å². The van der Waals surface area contributed by atoms with Gasteiger partial charge < -0.3 is 5.73 Å². The molecule has 1 aliphatic heterocycles. The van der Waals surface area contributed by atoms with Crippen LogP contribution in [0.25, 0.3) is 0 Å². The maximum atomic E-state index is 12.3. The molecule has 6 heteroatoms. The molecule has 0 bridgehead atoms. The highest BCUT2D eigenvalue weighted by Crippen LogP contribution is 2.27. The molecule has 0 saturated carbocycles. The van der Waals surface area contributed by atoms with Crippen molar-refractivity contribution in [2.75, 3.05) is 12.3 Å². The molecule has 6 nitrogen and oxygen atoms in total. The maximum Gasteiger partial charge on any atom is 0.263 e. The highest BCUT2D eigenvalue weighted by molar-refractivity contribution is 6.23. The molecule has 0 aliphatic carbocycles. The monoisotopic (exact) mass is 270 g/mol. The van der Waals surface area contributed by atoms with E-state index in [-0.39, 0.29) is 11.8 Å². The third-order valence-corrected chi connectivity index (χ3v) is 3.41. The van der Waals surface area contributed by atoms with Gasteiger partial charge in [0.25, 0.3) is 11.8 Å². The molecule has 2 N–H and O–H groups in total. The van der Waals surface area contributed by atoms with E-state index in [9.17, 15) is 9.59 Å². The van der Waals surface area contributed by atoms with Crippen molar-refractivity contribution in [3.05, 3.63) is 47.3 Å². The van der Waals surface area contributed by atoms with Crippen LogP contribution in [0.5, 0.6) is 0 Å². The molecule has 0 spiro atoms. The van der Waals surface area contributed by atoms with E-state index in [0.717, 1.165) is 5.56 Å². The molecule has 0 saturated heterocycles. The van der Waals surface area contributed by atoms with E-state index < -0.39 is 0 Å². The topological polar surface area (TPSA) is 81.2 Å². The summed E-state index contributed by atoms with van der Waals surface area (Å²) >= 11 is 0. The molecular formula is C14H14N4O2. The van der Waals surface area contributed by atoms with E-state index in [4.69, 9.17) is 5.73 Å². The predicted octanol–water partition coefficient (Wildman–Crippen LogP) is 0.841. The quantitative estimate of drug-likeness (QED) is 0.662. The molecule has 1 aromatic carbocycles. The number of nitrogens with zero attached hydrogens (tertiary/aromatic N) is 3. The highest BCUT2D eigenvalue weighted by Gasteiger charge is 2.36. The van der Waals surface area contributed by atoms with Crippen LogP contribution in [0.1, 0.15) is 26.3 Å². The number of fused-ring (bicyclic) bond motifs is 1. The zero-order chi connectivity index (χ0) is 14.3. The maximum absolute atomic E-state index is 12.3.